The third-order valence-corrected chi connectivity index (χ3v) is 5.65. The summed E-state index contributed by atoms with van der Waals surface area (Å²) in [5.74, 6) is 0.351. The van der Waals surface area contributed by atoms with Gasteiger partial charge in [0.15, 0.2) is 0 Å². The van der Waals surface area contributed by atoms with Crippen molar-refractivity contribution in [3.8, 4) is 0 Å². The fourth-order valence-corrected chi connectivity index (χ4v) is 4.04. The molecule has 0 aliphatic heterocycles. The second-order valence-corrected chi connectivity index (χ2v) is 7.07. The molecular weight excluding hydrogens is 274 g/mol. The summed E-state index contributed by atoms with van der Waals surface area (Å²) in [6.45, 7) is 0.612. The van der Waals surface area contributed by atoms with Crippen LogP contribution in [-0.4, -0.2) is 25.2 Å². The Morgan fingerprint density at radius 3 is 2.90 bits per heavy atom. The van der Waals surface area contributed by atoms with Gasteiger partial charge in [0.05, 0.1) is 11.1 Å². The number of fused-ring (bicyclic) bond motifs is 1. The molecule has 0 saturated heterocycles. The molecule has 5 nitrogen and oxygen atoms in total. The Morgan fingerprint density at radius 1 is 1.35 bits per heavy atom. The van der Waals surface area contributed by atoms with Gasteiger partial charge in [0.2, 0.25) is 9.84 Å². The van der Waals surface area contributed by atoms with Crippen molar-refractivity contribution in [1.29, 1.82) is 0 Å². The number of aromatic amines is 1. The molecule has 20 heavy (non-hydrogen) atoms. The summed E-state index contributed by atoms with van der Waals surface area (Å²) in [6.07, 6.45) is 5.79. The summed E-state index contributed by atoms with van der Waals surface area (Å²) in [7, 11) is -3.48. The third kappa shape index (κ3) is 2.14. The highest BCUT2D eigenvalue weighted by Gasteiger charge is 2.23. The first kappa shape index (κ1) is 13.3. The number of nitrogens with two attached hydrogens (primary N) is 1. The number of hydrogen-bond donors (Lipinski definition) is 2. The largest absolute Gasteiger partial charge is 0.330 e. The number of rotatable bonds is 3. The van der Waals surface area contributed by atoms with E-state index in [-0.39, 0.29) is 4.90 Å². The Bertz CT molecular complexity index is 708. The van der Waals surface area contributed by atoms with E-state index in [1.54, 1.807) is 12.1 Å². The van der Waals surface area contributed by atoms with E-state index < -0.39 is 9.84 Å². The van der Waals surface area contributed by atoms with E-state index in [4.69, 9.17) is 5.73 Å². The highest BCUT2D eigenvalue weighted by Crippen LogP contribution is 2.33. The molecule has 106 valence electrons. The van der Waals surface area contributed by atoms with E-state index in [1.807, 2.05) is 6.07 Å². The number of nitrogens with one attached hydrogen (secondary N) is 1. The molecule has 0 saturated carbocycles. The minimum atomic E-state index is -3.48. The maximum atomic E-state index is 12.4. The zero-order valence-corrected chi connectivity index (χ0v) is 11.9. The van der Waals surface area contributed by atoms with Gasteiger partial charge in [-0.25, -0.2) is 8.42 Å². The number of sulfone groups is 1. The lowest BCUT2D eigenvalue weighted by atomic mass is 9.83. The molecular formula is C14H17N3O2S. The van der Waals surface area contributed by atoms with E-state index in [1.165, 1.54) is 18.0 Å². The molecule has 6 heteroatoms. The summed E-state index contributed by atoms with van der Waals surface area (Å²) in [5.41, 5.74) is 8.10. The maximum absolute atomic E-state index is 12.4. The van der Waals surface area contributed by atoms with Crippen molar-refractivity contribution in [1.82, 2.24) is 10.2 Å². The topological polar surface area (TPSA) is 88.8 Å². The van der Waals surface area contributed by atoms with Crippen LogP contribution in [0.25, 0.3) is 0 Å². The van der Waals surface area contributed by atoms with Gasteiger partial charge in [-0.15, -0.1) is 0 Å². The normalized spacial score (nSPS) is 18.8. The van der Waals surface area contributed by atoms with Crippen LogP contribution < -0.4 is 5.73 Å². The molecule has 3 rings (SSSR count). The van der Waals surface area contributed by atoms with Crippen LogP contribution >= 0.6 is 0 Å². The van der Waals surface area contributed by atoms with Gasteiger partial charge in [0.1, 0.15) is 4.90 Å². The number of aryl methyl sites for hydroxylation is 1. The number of hydrogen-bond acceptors (Lipinski definition) is 4. The van der Waals surface area contributed by atoms with Gasteiger partial charge in [-0.2, -0.15) is 5.10 Å². The molecule has 1 heterocycles. The van der Waals surface area contributed by atoms with E-state index in [2.05, 4.69) is 10.2 Å². The van der Waals surface area contributed by atoms with Crippen LogP contribution in [0, 0.1) is 0 Å². The molecule has 3 N–H and O–H groups in total. The second kappa shape index (κ2) is 5.03. The summed E-state index contributed by atoms with van der Waals surface area (Å²) in [4.78, 5) is 0.527. The fraction of sp³-hybridized carbons (Fsp3) is 0.357. The van der Waals surface area contributed by atoms with E-state index >= 15 is 0 Å². The first-order valence-corrected chi connectivity index (χ1v) is 8.18. The van der Waals surface area contributed by atoms with Crippen LogP contribution in [0.4, 0.5) is 0 Å². The first-order valence-electron chi connectivity index (χ1n) is 6.69. The van der Waals surface area contributed by atoms with E-state index in [0.717, 1.165) is 24.8 Å². The predicted octanol–water partition coefficient (Wildman–Crippen LogP) is 1.62. The Balaban J connectivity index is 2.05. The van der Waals surface area contributed by atoms with E-state index in [0.29, 0.717) is 17.4 Å². The predicted molar refractivity (Wildman–Crippen MR) is 75.2 cm³/mol. The zero-order chi connectivity index (χ0) is 14.2. The SMILES string of the molecule is NC[C@@H]1CCCc2cc(S(=O)(=O)c3cn[nH]c3)ccc21. The highest BCUT2D eigenvalue weighted by atomic mass is 32.2. The molecule has 1 aromatic heterocycles. The fourth-order valence-electron chi connectivity index (χ4n) is 2.83. The van der Waals surface area contributed by atoms with Crippen LogP contribution in [0.2, 0.25) is 0 Å². The lowest BCUT2D eigenvalue weighted by Crippen LogP contribution is -2.18. The monoisotopic (exact) mass is 291 g/mol. The quantitative estimate of drug-likeness (QED) is 0.899. The lowest BCUT2D eigenvalue weighted by molar-refractivity contribution is 0.558. The zero-order valence-electron chi connectivity index (χ0n) is 11.0. The van der Waals surface area contributed by atoms with Gasteiger partial charge in [-0.05, 0) is 55.0 Å². The number of H-pyrrole nitrogens is 1. The maximum Gasteiger partial charge on any atom is 0.209 e. The minimum Gasteiger partial charge on any atom is -0.330 e. The van der Waals surface area contributed by atoms with Gasteiger partial charge in [-0.3, -0.25) is 5.10 Å². The van der Waals surface area contributed by atoms with Crippen molar-refractivity contribution in [3.63, 3.8) is 0 Å². The van der Waals surface area contributed by atoms with Crippen molar-refractivity contribution in [3.05, 3.63) is 41.7 Å². The molecule has 1 aromatic carbocycles. The number of benzene rings is 1. The van der Waals surface area contributed by atoms with Gasteiger partial charge in [0.25, 0.3) is 0 Å². The summed E-state index contributed by atoms with van der Waals surface area (Å²) >= 11 is 0. The Morgan fingerprint density at radius 2 is 2.20 bits per heavy atom. The number of aromatic nitrogens is 2. The Labute approximate surface area is 118 Å². The molecule has 1 aliphatic rings. The smallest absolute Gasteiger partial charge is 0.209 e. The molecule has 0 spiro atoms. The first-order chi connectivity index (χ1) is 9.63. The van der Waals surface area contributed by atoms with Crippen LogP contribution in [-0.2, 0) is 16.3 Å². The van der Waals surface area contributed by atoms with Crippen LogP contribution in [0.5, 0.6) is 0 Å². The van der Waals surface area contributed by atoms with Crippen LogP contribution in [0.3, 0.4) is 0 Å². The summed E-state index contributed by atoms with van der Waals surface area (Å²) < 4.78 is 24.9. The average Bonchev–Trinajstić information content (AvgIpc) is 3.01. The van der Waals surface area contributed by atoms with Crippen molar-refractivity contribution in [2.45, 2.75) is 35.0 Å². The molecule has 0 amide bonds. The molecule has 1 atom stereocenters. The van der Waals surface area contributed by atoms with Crippen LogP contribution in [0.15, 0.2) is 40.4 Å². The number of nitrogens with zero attached hydrogens (tertiary/aromatic N) is 1. The standard InChI is InChI=1S/C14H17N3O2S/c15-7-11-3-1-2-10-6-12(4-5-14(10)11)20(18,19)13-8-16-17-9-13/h4-6,8-9,11H,1-3,7,15H2,(H,16,17)/t11-/m0/s1. The summed E-state index contributed by atoms with van der Waals surface area (Å²) in [5, 5.41) is 6.24. The van der Waals surface area contributed by atoms with Crippen LogP contribution in [0.1, 0.15) is 29.9 Å². The Kier molecular flexibility index (Phi) is 3.35. The molecule has 0 unspecified atom stereocenters. The second-order valence-electron chi connectivity index (χ2n) is 5.12. The van der Waals surface area contributed by atoms with E-state index in [9.17, 15) is 8.42 Å². The molecule has 0 radical (unpaired) electrons. The minimum absolute atomic E-state index is 0.198. The highest BCUT2D eigenvalue weighted by molar-refractivity contribution is 7.91. The Hall–Kier alpha value is -1.66. The lowest BCUT2D eigenvalue weighted by Gasteiger charge is -2.24. The molecule has 0 fully saturated rings. The van der Waals surface area contributed by atoms with Crippen molar-refractivity contribution in [2.24, 2.45) is 5.73 Å². The van der Waals surface area contributed by atoms with Gasteiger partial charge < -0.3 is 5.73 Å². The molecule has 1 aliphatic carbocycles. The third-order valence-electron chi connectivity index (χ3n) is 3.93. The van der Waals surface area contributed by atoms with Crippen molar-refractivity contribution in [2.75, 3.05) is 6.54 Å². The summed E-state index contributed by atoms with van der Waals surface area (Å²) in [6, 6.07) is 5.38. The van der Waals surface area contributed by atoms with Crippen molar-refractivity contribution >= 4 is 9.84 Å². The van der Waals surface area contributed by atoms with Gasteiger partial charge in [0, 0.05) is 6.20 Å². The van der Waals surface area contributed by atoms with Crippen molar-refractivity contribution < 1.29 is 8.42 Å². The molecule has 0 bridgehead atoms. The average molecular weight is 291 g/mol. The molecule has 2 aromatic rings. The van der Waals surface area contributed by atoms with Gasteiger partial charge >= 0.3 is 0 Å². The van der Waals surface area contributed by atoms with Gasteiger partial charge in [-0.1, -0.05) is 6.07 Å².